The number of fused-ring (bicyclic) bond motifs is 3. The second-order valence-corrected chi connectivity index (χ2v) is 8.26. The van der Waals surface area contributed by atoms with Gasteiger partial charge < -0.3 is 15.0 Å². The summed E-state index contributed by atoms with van der Waals surface area (Å²) in [5.41, 5.74) is 4.54. The Bertz CT molecular complexity index is 1010. The highest BCUT2D eigenvalue weighted by atomic mass is 16.3. The van der Waals surface area contributed by atoms with E-state index in [4.69, 9.17) is 0 Å². The molecule has 0 radical (unpaired) electrons. The monoisotopic (exact) mass is 375 g/mol. The zero-order valence-corrected chi connectivity index (χ0v) is 15.9. The van der Waals surface area contributed by atoms with Crippen molar-refractivity contribution in [1.29, 1.82) is 0 Å². The molecule has 2 fully saturated rings. The second kappa shape index (κ2) is 7.06. The lowest BCUT2D eigenvalue weighted by Crippen LogP contribution is -2.45. The molecule has 0 spiro atoms. The number of aliphatic hydroxyl groups is 1. The molecule has 1 aliphatic carbocycles. The van der Waals surface area contributed by atoms with Crippen LogP contribution in [0, 0.1) is 11.8 Å². The number of carbonyl (C=O) groups is 1. The molecule has 1 saturated heterocycles. The number of piperidine rings is 1. The fraction of sp³-hybridized carbons (Fsp3) is 0.391. The first-order chi connectivity index (χ1) is 13.7. The van der Waals surface area contributed by atoms with E-state index < -0.39 is 0 Å². The lowest BCUT2D eigenvalue weighted by Gasteiger charge is -2.41. The van der Waals surface area contributed by atoms with Gasteiger partial charge in [-0.15, -0.1) is 0 Å². The highest BCUT2D eigenvalue weighted by molar-refractivity contribution is 5.96. The number of benzene rings is 2. The Hall–Kier alpha value is -2.66. The van der Waals surface area contributed by atoms with Gasteiger partial charge in [0.15, 0.2) is 0 Å². The summed E-state index contributed by atoms with van der Waals surface area (Å²) < 4.78 is 0. The van der Waals surface area contributed by atoms with Gasteiger partial charge in [-0.25, -0.2) is 4.98 Å². The number of nitrogens with one attached hydrogen (secondary N) is 1. The van der Waals surface area contributed by atoms with Crippen molar-refractivity contribution in [3.63, 3.8) is 0 Å². The van der Waals surface area contributed by atoms with Crippen LogP contribution >= 0.6 is 0 Å². The average molecular weight is 375 g/mol. The predicted molar refractivity (Wildman–Crippen MR) is 109 cm³/mol. The van der Waals surface area contributed by atoms with E-state index in [0.717, 1.165) is 40.8 Å². The van der Waals surface area contributed by atoms with Crippen LogP contribution < -0.4 is 0 Å². The van der Waals surface area contributed by atoms with Crippen molar-refractivity contribution in [3.8, 4) is 11.1 Å². The van der Waals surface area contributed by atoms with E-state index >= 15 is 0 Å². The van der Waals surface area contributed by atoms with Gasteiger partial charge in [-0.05, 0) is 66.5 Å². The fourth-order valence-electron chi connectivity index (χ4n) is 4.93. The van der Waals surface area contributed by atoms with E-state index in [-0.39, 0.29) is 12.5 Å². The fourth-order valence-corrected chi connectivity index (χ4v) is 4.93. The highest BCUT2D eigenvalue weighted by Gasteiger charge is 2.32. The van der Waals surface area contributed by atoms with Crippen molar-refractivity contribution in [2.45, 2.75) is 32.3 Å². The molecule has 2 unspecified atom stereocenters. The van der Waals surface area contributed by atoms with Gasteiger partial charge in [0, 0.05) is 18.7 Å². The number of aliphatic hydroxyl groups excluding tert-OH is 1. The van der Waals surface area contributed by atoms with E-state index in [0.29, 0.717) is 17.7 Å². The van der Waals surface area contributed by atoms with Crippen molar-refractivity contribution >= 4 is 16.9 Å². The number of hydrogen-bond donors (Lipinski definition) is 2. The number of nitrogens with zero attached hydrogens (tertiary/aromatic N) is 2. The zero-order valence-electron chi connectivity index (χ0n) is 15.9. The SMILES string of the molecule is O=C(c1cccc(-c2ccc3nc(CO)[nH]c3c2)c1)N1CC2CCCC(C2)C1. The number of amides is 1. The summed E-state index contributed by atoms with van der Waals surface area (Å²) in [6.45, 7) is 1.71. The summed E-state index contributed by atoms with van der Waals surface area (Å²) in [6.07, 6.45) is 5.14. The molecule has 3 aromatic rings. The lowest BCUT2D eigenvalue weighted by atomic mass is 9.78. The lowest BCUT2D eigenvalue weighted by molar-refractivity contribution is 0.0504. The molecule has 1 amide bonds. The number of aromatic amines is 1. The van der Waals surface area contributed by atoms with Crippen LogP contribution in [0.15, 0.2) is 42.5 Å². The van der Waals surface area contributed by atoms with Crippen molar-refractivity contribution in [2.75, 3.05) is 13.1 Å². The first-order valence-corrected chi connectivity index (χ1v) is 10.2. The van der Waals surface area contributed by atoms with Crippen molar-refractivity contribution in [2.24, 2.45) is 11.8 Å². The van der Waals surface area contributed by atoms with Crippen LogP contribution in [0.4, 0.5) is 0 Å². The molecule has 2 atom stereocenters. The van der Waals surface area contributed by atoms with Gasteiger partial charge in [-0.1, -0.05) is 24.6 Å². The molecule has 5 nitrogen and oxygen atoms in total. The van der Waals surface area contributed by atoms with Gasteiger partial charge in [0.05, 0.1) is 11.0 Å². The molecule has 5 heteroatoms. The third kappa shape index (κ3) is 3.20. The Balaban J connectivity index is 1.42. The third-order valence-electron chi connectivity index (χ3n) is 6.26. The summed E-state index contributed by atoms with van der Waals surface area (Å²) in [5, 5.41) is 9.27. The molecule has 5 rings (SSSR count). The van der Waals surface area contributed by atoms with Crippen LogP contribution in [-0.4, -0.2) is 39.0 Å². The molecular formula is C23H25N3O2. The number of rotatable bonds is 3. The van der Waals surface area contributed by atoms with Gasteiger partial charge in [0.25, 0.3) is 5.91 Å². The Morgan fingerprint density at radius 3 is 2.68 bits per heavy atom. The molecule has 2 heterocycles. The number of hydrogen-bond acceptors (Lipinski definition) is 3. The molecule has 144 valence electrons. The summed E-state index contributed by atoms with van der Waals surface area (Å²) in [6, 6.07) is 13.9. The van der Waals surface area contributed by atoms with Crippen LogP contribution in [0.2, 0.25) is 0 Å². The molecule has 2 N–H and O–H groups in total. The Labute approximate surface area is 164 Å². The standard InChI is InChI=1S/C23H25N3O2/c27-14-22-24-20-8-7-18(11-21(20)25-22)17-5-2-6-19(10-17)23(28)26-12-15-3-1-4-16(9-15)13-26/h2,5-8,10-11,15-16,27H,1,3-4,9,12-14H2,(H,24,25). The van der Waals surface area contributed by atoms with Crippen LogP contribution in [0.25, 0.3) is 22.2 Å². The van der Waals surface area contributed by atoms with Crippen LogP contribution in [0.3, 0.4) is 0 Å². The third-order valence-corrected chi connectivity index (χ3v) is 6.26. The van der Waals surface area contributed by atoms with Gasteiger partial charge in [-0.3, -0.25) is 4.79 Å². The maximum absolute atomic E-state index is 13.2. The summed E-state index contributed by atoms with van der Waals surface area (Å²) in [5.74, 6) is 2.08. The number of aromatic nitrogens is 2. The predicted octanol–water partition coefficient (Wildman–Crippen LogP) is 3.98. The molecule has 1 saturated carbocycles. The van der Waals surface area contributed by atoms with Crippen molar-refractivity contribution < 1.29 is 9.90 Å². The Morgan fingerprint density at radius 1 is 1.11 bits per heavy atom. The van der Waals surface area contributed by atoms with Crippen LogP contribution in [0.5, 0.6) is 0 Å². The highest BCUT2D eigenvalue weighted by Crippen LogP contribution is 2.35. The van der Waals surface area contributed by atoms with E-state index in [1.807, 2.05) is 42.5 Å². The molecule has 1 aromatic heterocycles. The minimum Gasteiger partial charge on any atom is -0.388 e. The van der Waals surface area contributed by atoms with E-state index in [1.54, 1.807) is 0 Å². The van der Waals surface area contributed by atoms with Crippen LogP contribution in [-0.2, 0) is 6.61 Å². The molecule has 2 aromatic carbocycles. The molecule has 1 aliphatic heterocycles. The molecular weight excluding hydrogens is 350 g/mol. The number of H-pyrrole nitrogens is 1. The quantitative estimate of drug-likeness (QED) is 0.727. The van der Waals surface area contributed by atoms with Crippen molar-refractivity contribution in [3.05, 3.63) is 53.9 Å². The number of carbonyl (C=O) groups excluding carboxylic acids is 1. The van der Waals surface area contributed by atoms with Crippen molar-refractivity contribution in [1.82, 2.24) is 14.9 Å². The molecule has 2 bridgehead atoms. The van der Waals surface area contributed by atoms with Gasteiger partial charge >= 0.3 is 0 Å². The normalized spacial score (nSPS) is 21.8. The Morgan fingerprint density at radius 2 is 1.89 bits per heavy atom. The van der Waals surface area contributed by atoms with Gasteiger partial charge in [0.1, 0.15) is 12.4 Å². The topological polar surface area (TPSA) is 69.2 Å². The van der Waals surface area contributed by atoms with E-state index in [1.165, 1.54) is 25.7 Å². The summed E-state index contributed by atoms with van der Waals surface area (Å²) in [4.78, 5) is 22.7. The maximum atomic E-state index is 13.2. The van der Waals surface area contributed by atoms with Gasteiger partial charge in [0.2, 0.25) is 0 Å². The van der Waals surface area contributed by atoms with E-state index in [2.05, 4.69) is 14.9 Å². The molecule has 28 heavy (non-hydrogen) atoms. The first kappa shape index (κ1) is 17.4. The summed E-state index contributed by atoms with van der Waals surface area (Å²) in [7, 11) is 0. The maximum Gasteiger partial charge on any atom is 0.253 e. The smallest absolute Gasteiger partial charge is 0.253 e. The minimum absolute atomic E-state index is 0.105. The molecule has 2 aliphatic rings. The first-order valence-electron chi connectivity index (χ1n) is 10.2. The zero-order chi connectivity index (χ0) is 19.1. The number of likely N-dealkylation sites (tertiary alicyclic amines) is 1. The average Bonchev–Trinajstić information content (AvgIpc) is 3.15. The summed E-state index contributed by atoms with van der Waals surface area (Å²) >= 11 is 0. The van der Waals surface area contributed by atoms with Gasteiger partial charge in [-0.2, -0.15) is 0 Å². The minimum atomic E-state index is -0.105. The van der Waals surface area contributed by atoms with E-state index in [9.17, 15) is 9.90 Å². The Kier molecular flexibility index (Phi) is 4.40. The second-order valence-electron chi connectivity index (χ2n) is 8.26. The number of imidazole rings is 1. The van der Waals surface area contributed by atoms with Crippen LogP contribution in [0.1, 0.15) is 41.9 Å². The largest absolute Gasteiger partial charge is 0.388 e.